The van der Waals surface area contributed by atoms with Crippen LogP contribution >= 0.6 is 11.3 Å². The Labute approximate surface area is 151 Å². The van der Waals surface area contributed by atoms with Crippen LogP contribution in [0.25, 0.3) is 11.3 Å². The Morgan fingerprint density at radius 2 is 1.68 bits per heavy atom. The van der Waals surface area contributed by atoms with Crippen LogP contribution in [0.5, 0.6) is 0 Å². The summed E-state index contributed by atoms with van der Waals surface area (Å²) in [6.07, 6.45) is 7.33. The number of rotatable bonds is 4. The summed E-state index contributed by atoms with van der Waals surface area (Å²) in [4.78, 5) is 29.4. The smallest absolute Gasteiger partial charge is 0.230 e. The van der Waals surface area contributed by atoms with Crippen LogP contribution in [-0.4, -0.2) is 21.7 Å². The van der Waals surface area contributed by atoms with E-state index < -0.39 is 0 Å². The third-order valence-electron chi connectivity index (χ3n) is 5.28. The van der Waals surface area contributed by atoms with E-state index in [0.717, 1.165) is 16.3 Å². The predicted molar refractivity (Wildman–Crippen MR) is 98.2 cm³/mol. The minimum Gasteiger partial charge on any atom is -0.276 e. The van der Waals surface area contributed by atoms with E-state index in [1.165, 1.54) is 53.9 Å². The highest BCUT2D eigenvalue weighted by molar-refractivity contribution is 7.09. The Hall–Kier alpha value is -2.01. The molecule has 0 unspecified atom stereocenters. The van der Waals surface area contributed by atoms with Crippen LogP contribution in [-0.2, 0) is 16.1 Å². The molecule has 0 radical (unpaired) electrons. The second-order valence-corrected chi connectivity index (χ2v) is 7.90. The molecule has 25 heavy (non-hydrogen) atoms. The van der Waals surface area contributed by atoms with Crippen molar-refractivity contribution < 1.29 is 9.59 Å². The molecule has 4 rings (SSSR count). The number of carbonyl (C=O) groups is 2. The molecule has 0 N–H and O–H groups in total. The van der Waals surface area contributed by atoms with Gasteiger partial charge in [-0.15, -0.1) is 11.3 Å². The summed E-state index contributed by atoms with van der Waals surface area (Å²) in [5, 5.41) is 2.82. The molecule has 1 aromatic carbocycles. The quantitative estimate of drug-likeness (QED) is 0.759. The zero-order chi connectivity index (χ0) is 17.2. The molecule has 1 aliphatic carbocycles. The number of carbonyl (C=O) groups excluding carboxylic acids is 2. The van der Waals surface area contributed by atoms with Gasteiger partial charge in [0, 0.05) is 23.8 Å². The van der Waals surface area contributed by atoms with Crippen molar-refractivity contribution in [1.29, 1.82) is 0 Å². The maximum atomic E-state index is 11.7. The van der Waals surface area contributed by atoms with E-state index in [1.54, 1.807) is 0 Å². The Morgan fingerprint density at radius 3 is 2.36 bits per heavy atom. The standard InChI is InChI=1S/C20H22N2O2S/c23-19-10-11-20(24)22(19)12-18-21-17(13-25-18)16-8-6-15(7-9-16)14-4-2-1-3-5-14/h6-9,13-14H,1-5,10-12H2. The van der Waals surface area contributed by atoms with Gasteiger partial charge in [0.15, 0.2) is 0 Å². The van der Waals surface area contributed by atoms with E-state index in [9.17, 15) is 9.59 Å². The fourth-order valence-electron chi connectivity index (χ4n) is 3.81. The van der Waals surface area contributed by atoms with Crippen molar-refractivity contribution in [3.05, 3.63) is 40.2 Å². The van der Waals surface area contributed by atoms with Gasteiger partial charge in [-0.2, -0.15) is 0 Å². The number of nitrogens with zero attached hydrogens (tertiary/aromatic N) is 2. The first-order valence-corrected chi connectivity index (χ1v) is 9.96. The van der Waals surface area contributed by atoms with Crippen molar-refractivity contribution in [2.24, 2.45) is 0 Å². The zero-order valence-electron chi connectivity index (χ0n) is 14.2. The number of thiazole rings is 1. The van der Waals surface area contributed by atoms with E-state index >= 15 is 0 Å². The van der Waals surface area contributed by atoms with E-state index in [1.807, 2.05) is 5.38 Å². The molecule has 5 heteroatoms. The Bertz CT molecular complexity index is 759. The normalized spacial score (nSPS) is 19.0. The third kappa shape index (κ3) is 3.52. The van der Waals surface area contributed by atoms with Crippen molar-refractivity contribution in [3.63, 3.8) is 0 Å². The van der Waals surface area contributed by atoms with Crippen LogP contribution < -0.4 is 0 Å². The van der Waals surface area contributed by atoms with Crippen molar-refractivity contribution in [2.75, 3.05) is 0 Å². The summed E-state index contributed by atoms with van der Waals surface area (Å²) in [6, 6.07) is 8.76. The van der Waals surface area contributed by atoms with Gasteiger partial charge < -0.3 is 0 Å². The lowest BCUT2D eigenvalue weighted by Crippen LogP contribution is -2.28. The molecule has 2 amide bonds. The molecular formula is C20H22N2O2S. The number of likely N-dealkylation sites (tertiary alicyclic amines) is 1. The van der Waals surface area contributed by atoms with Gasteiger partial charge in [-0.05, 0) is 24.3 Å². The van der Waals surface area contributed by atoms with Crippen molar-refractivity contribution in [2.45, 2.75) is 57.4 Å². The number of amides is 2. The van der Waals surface area contributed by atoms with Crippen molar-refractivity contribution in [1.82, 2.24) is 9.88 Å². The summed E-state index contributed by atoms with van der Waals surface area (Å²) < 4.78 is 0. The molecule has 0 bridgehead atoms. The second-order valence-electron chi connectivity index (χ2n) is 6.96. The highest BCUT2D eigenvalue weighted by atomic mass is 32.1. The van der Waals surface area contributed by atoms with E-state index in [4.69, 9.17) is 0 Å². The fraction of sp³-hybridized carbons (Fsp3) is 0.450. The number of imide groups is 1. The van der Waals surface area contributed by atoms with Gasteiger partial charge in [0.2, 0.25) is 11.8 Å². The molecule has 4 nitrogen and oxygen atoms in total. The Kier molecular flexibility index (Phi) is 4.66. The zero-order valence-corrected chi connectivity index (χ0v) is 15.1. The number of hydrogen-bond acceptors (Lipinski definition) is 4. The summed E-state index contributed by atoms with van der Waals surface area (Å²) in [7, 11) is 0. The lowest BCUT2D eigenvalue weighted by atomic mass is 9.84. The molecule has 2 aromatic rings. The average molecular weight is 354 g/mol. The van der Waals surface area contributed by atoms with Crippen LogP contribution in [0.1, 0.15) is 61.4 Å². The SMILES string of the molecule is O=C1CCC(=O)N1Cc1nc(-c2ccc(C3CCCCC3)cc2)cs1. The Balaban J connectivity index is 1.46. The summed E-state index contributed by atoms with van der Waals surface area (Å²) in [6.45, 7) is 0.308. The van der Waals surface area contributed by atoms with Gasteiger partial charge in [0.25, 0.3) is 0 Å². The second kappa shape index (κ2) is 7.08. The molecule has 0 spiro atoms. The third-order valence-corrected chi connectivity index (χ3v) is 6.12. The Morgan fingerprint density at radius 1 is 1.00 bits per heavy atom. The highest BCUT2D eigenvalue weighted by Crippen LogP contribution is 2.33. The number of benzene rings is 1. The molecule has 2 aliphatic rings. The lowest BCUT2D eigenvalue weighted by molar-refractivity contribution is -0.139. The highest BCUT2D eigenvalue weighted by Gasteiger charge is 2.29. The average Bonchev–Trinajstić information content (AvgIpc) is 3.25. The maximum absolute atomic E-state index is 11.7. The maximum Gasteiger partial charge on any atom is 0.230 e. The van der Waals surface area contributed by atoms with Crippen LogP contribution in [0.3, 0.4) is 0 Å². The van der Waals surface area contributed by atoms with Crippen molar-refractivity contribution in [3.8, 4) is 11.3 Å². The minimum absolute atomic E-state index is 0.0846. The van der Waals surface area contributed by atoms with Gasteiger partial charge >= 0.3 is 0 Å². The molecule has 1 saturated heterocycles. The fourth-order valence-corrected chi connectivity index (χ4v) is 4.60. The summed E-state index contributed by atoms with van der Waals surface area (Å²) >= 11 is 1.51. The summed E-state index contributed by atoms with van der Waals surface area (Å²) in [5.74, 6) is 0.540. The number of hydrogen-bond donors (Lipinski definition) is 0. The first-order valence-electron chi connectivity index (χ1n) is 9.08. The van der Waals surface area contributed by atoms with Gasteiger partial charge in [-0.25, -0.2) is 4.98 Å². The van der Waals surface area contributed by atoms with Gasteiger partial charge in [0.05, 0.1) is 12.2 Å². The van der Waals surface area contributed by atoms with Crippen molar-refractivity contribution >= 4 is 23.2 Å². The molecule has 0 atom stereocenters. The van der Waals surface area contributed by atoms with Crippen LogP contribution in [0.4, 0.5) is 0 Å². The van der Waals surface area contributed by atoms with E-state index in [-0.39, 0.29) is 11.8 Å². The molecule has 130 valence electrons. The lowest BCUT2D eigenvalue weighted by Gasteiger charge is -2.22. The largest absolute Gasteiger partial charge is 0.276 e. The van der Waals surface area contributed by atoms with Gasteiger partial charge in [0.1, 0.15) is 5.01 Å². The molecule has 1 saturated carbocycles. The number of aromatic nitrogens is 1. The molecule has 1 aliphatic heterocycles. The van der Waals surface area contributed by atoms with Crippen LogP contribution in [0, 0.1) is 0 Å². The van der Waals surface area contributed by atoms with Gasteiger partial charge in [-0.3, -0.25) is 14.5 Å². The first kappa shape index (κ1) is 16.5. The molecule has 1 aromatic heterocycles. The first-order chi connectivity index (χ1) is 12.2. The summed E-state index contributed by atoms with van der Waals surface area (Å²) in [5.41, 5.74) is 3.46. The molecular weight excluding hydrogens is 332 g/mol. The van der Waals surface area contributed by atoms with Crippen LogP contribution in [0.15, 0.2) is 29.6 Å². The topological polar surface area (TPSA) is 50.3 Å². The molecule has 2 fully saturated rings. The van der Waals surface area contributed by atoms with E-state index in [2.05, 4.69) is 29.2 Å². The van der Waals surface area contributed by atoms with Crippen LogP contribution in [0.2, 0.25) is 0 Å². The predicted octanol–water partition coefficient (Wildman–Crippen LogP) is 4.51. The van der Waals surface area contributed by atoms with E-state index in [0.29, 0.717) is 25.3 Å². The van der Waals surface area contributed by atoms with Gasteiger partial charge in [-0.1, -0.05) is 43.5 Å². The molecule has 2 heterocycles. The minimum atomic E-state index is -0.0846. The monoisotopic (exact) mass is 354 g/mol.